The van der Waals surface area contributed by atoms with Crippen LogP contribution in [0.2, 0.25) is 0 Å². The zero-order valence-electron chi connectivity index (χ0n) is 5.29. The average molecular weight is 188 g/mol. The third kappa shape index (κ3) is 1.14. The van der Waals surface area contributed by atoms with Gasteiger partial charge in [0.2, 0.25) is 0 Å². The molecular weight excluding hydrogens is 184 g/mol. The normalized spacial score (nSPS) is 20.4. The molecule has 0 aliphatic carbocycles. The van der Waals surface area contributed by atoms with Crippen molar-refractivity contribution < 1.29 is 9.59 Å². The van der Waals surface area contributed by atoms with Crippen LogP contribution in [0.1, 0.15) is 0 Å². The molecule has 2 N–H and O–H groups in total. The Hall–Kier alpha value is -0.880. The number of hydrogen-bond donors (Lipinski definition) is 2. The predicted octanol–water partition coefficient (Wildman–Crippen LogP) is -0.436. The van der Waals surface area contributed by atoms with Gasteiger partial charge < -0.3 is 5.32 Å². The molecule has 1 rings (SSSR count). The quantitative estimate of drug-likeness (QED) is 0.456. The van der Waals surface area contributed by atoms with Gasteiger partial charge in [-0.1, -0.05) is 24.4 Å². The van der Waals surface area contributed by atoms with Crippen molar-refractivity contribution in [2.24, 2.45) is 0 Å². The molecule has 0 radical (unpaired) electrons. The summed E-state index contributed by atoms with van der Waals surface area (Å²) in [5.74, 6) is -0.521. The fourth-order valence-corrected chi connectivity index (χ4v) is 1.23. The molecule has 11 heavy (non-hydrogen) atoms. The van der Waals surface area contributed by atoms with Gasteiger partial charge in [-0.25, -0.2) is 4.79 Å². The fraction of sp³-hybridized carbons (Fsp3) is 0.200. The number of carbonyl (C=O) groups is 2. The van der Waals surface area contributed by atoms with Crippen LogP contribution in [0.15, 0.2) is 0 Å². The van der Waals surface area contributed by atoms with E-state index in [4.69, 9.17) is 0 Å². The first-order chi connectivity index (χ1) is 5.14. The second kappa shape index (κ2) is 2.63. The number of rotatable bonds is 2. The summed E-state index contributed by atoms with van der Waals surface area (Å²) in [6.07, 6.45) is 0. The van der Waals surface area contributed by atoms with Crippen molar-refractivity contribution in [3.8, 4) is 0 Å². The van der Waals surface area contributed by atoms with E-state index in [1.165, 1.54) is 0 Å². The van der Waals surface area contributed by atoms with Crippen LogP contribution in [0.25, 0.3) is 0 Å². The Labute approximate surface area is 73.3 Å². The number of thiocarbonyl (C=S) groups is 2. The van der Waals surface area contributed by atoms with E-state index in [-0.39, 0.29) is 0 Å². The maximum absolute atomic E-state index is 11.0. The third-order valence-electron chi connectivity index (χ3n) is 1.29. The summed E-state index contributed by atoms with van der Waals surface area (Å²) in [7, 11) is 0. The van der Waals surface area contributed by atoms with E-state index in [1.807, 2.05) is 5.32 Å². The molecule has 1 fully saturated rings. The van der Waals surface area contributed by atoms with E-state index >= 15 is 0 Å². The number of amides is 3. The van der Waals surface area contributed by atoms with Gasteiger partial charge in [-0.3, -0.25) is 10.1 Å². The Bertz CT molecular complexity index is 243. The van der Waals surface area contributed by atoms with Gasteiger partial charge in [-0.2, -0.15) is 0 Å². The lowest BCUT2D eigenvalue weighted by Gasteiger charge is -2.12. The number of urea groups is 1. The Balaban J connectivity index is 3.02. The zero-order chi connectivity index (χ0) is 8.48. The maximum atomic E-state index is 11.0. The van der Waals surface area contributed by atoms with E-state index in [9.17, 15) is 9.59 Å². The molecule has 58 valence electrons. The van der Waals surface area contributed by atoms with E-state index in [0.717, 1.165) is 10.7 Å². The number of hydrogen-bond acceptors (Lipinski definition) is 4. The fourth-order valence-electron chi connectivity index (χ4n) is 0.676. The van der Waals surface area contributed by atoms with Crippen molar-refractivity contribution in [3.05, 3.63) is 0 Å². The SMILES string of the molecule is O=C1NC(=O)C(C=S)(C=S)N1. The van der Waals surface area contributed by atoms with E-state index < -0.39 is 17.5 Å². The van der Waals surface area contributed by atoms with Crippen molar-refractivity contribution in [2.45, 2.75) is 5.54 Å². The highest BCUT2D eigenvalue weighted by molar-refractivity contribution is 7.81. The van der Waals surface area contributed by atoms with Crippen LogP contribution in [0.4, 0.5) is 4.79 Å². The zero-order valence-corrected chi connectivity index (χ0v) is 6.92. The van der Waals surface area contributed by atoms with Gasteiger partial charge in [0.05, 0.1) is 0 Å². The van der Waals surface area contributed by atoms with Crippen LogP contribution in [-0.4, -0.2) is 28.2 Å². The third-order valence-corrected chi connectivity index (χ3v) is 2.04. The first-order valence-corrected chi connectivity index (χ1v) is 3.65. The van der Waals surface area contributed by atoms with Crippen LogP contribution >= 0.6 is 24.4 Å². The summed E-state index contributed by atoms with van der Waals surface area (Å²) in [6.45, 7) is 0. The Kier molecular flexibility index (Phi) is 1.97. The van der Waals surface area contributed by atoms with Crippen molar-refractivity contribution in [3.63, 3.8) is 0 Å². The lowest BCUT2D eigenvalue weighted by molar-refractivity contribution is -0.119. The molecule has 0 bridgehead atoms. The summed E-state index contributed by atoms with van der Waals surface area (Å²) in [5.41, 5.74) is -1.26. The number of imide groups is 1. The molecule has 0 saturated carbocycles. The Morgan fingerprint density at radius 2 is 1.82 bits per heavy atom. The first-order valence-electron chi connectivity index (χ1n) is 2.71. The van der Waals surface area contributed by atoms with Gasteiger partial charge in [0.1, 0.15) is 0 Å². The molecule has 1 saturated heterocycles. The summed E-state index contributed by atoms with van der Waals surface area (Å²) >= 11 is 9.11. The van der Waals surface area contributed by atoms with Crippen LogP contribution in [-0.2, 0) is 4.79 Å². The summed E-state index contributed by atoms with van der Waals surface area (Å²) in [6, 6.07) is -0.572. The minimum Gasteiger partial charge on any atom is -0.315 e. The van der Waals surface area contributed by atoms with E-state index in [1.54, 1.807) is 0 Å². The molecule has 0 aromatic rings. The maximum Gasteiger partial charge on any atom is 0.322 e. The van der Waals surface area contributed by atoms with Crippen molar-refractivity contribution in [1.29, 1.82) is 0 Å². The van der Waals surface area contributed by atoms with Gasteiger partial charge in [0.25, 0.3) is 5.91 Å². The molecule has 1 aliphatic heterocycles. The highest BCUT2D eigenvalue weighted by Crippen LogP contribution is 2.04. The van der Waals surface area contributed by atoms with Gasteiger partial charge in [-0.15, -0.1) is 0 Å². The molecule has 1 aliphatic rings. The van der Waals surface area contributed by atoms with Crippen molar-refractivity contribution in [2.75, 3.05) is 0 Å². The summed E-state index contributed by atoms with van der Waals surface area (Å²) < 4.78 is 0. The topological polar surface area (TPSA) is 58.2 Å². The van der Waals surface area contributed by atoms with Gasteiger partial charge in [-0.05, 0) is 0 Å². The molecule has 0 atom stereocenters. The highest BCUT2D eigenvalue weighted by atomic mass is 32.1. The second-order valence-corrected chi connectivity index (χ2v) is 2.48. The van der Waals surface area contributed by atoms with Crippen molar-refractivity contribution >= 4 is 47.1 Å². The molecule has 0 spiro atoms. The van der Waals surface area contributed by atoms with E-state index in [2.05, 4.69) is 29.8 Å². The van der Waals surface area contributed by atoms with Crippen LogP contribution in [0.5, 0.6) is 0 Å². The molecule has 0 unspecified atom stereocenters. The van der Waals surface area contributed by atoms with Gasteiger partial charge in [0, 0.05) is 10.7 Å². The lowest BCUT2D eigenvalue weighted by atomic mass is 10.1. The molecule has 0 aromatic carbocycles. The standard InChI is InChI=1S/C5H4N2O2S2/c8-3-5(1-10,2-11)7-4(9)6-3/h1-2H,(H2,6,7,8,9). The van der Waals surface area contributed by atoms with Gasteiger partial charge in [0.15, 0.2) is 5.54 Å². The van der Waals surface area contributed by atoms with E-state index in [0.29, 0.717) is 0 Å². The highest BCUT2D eigenvalue weighted by Gasteiger charge is 2.42. The molecule has 6 heteroatoms. The van der Waals surface area contributed by atoms with Crippen LogP contribution < -0.4 is 10.6 Å². The summed E-state index contributed by atoms with van der Waals surface area (Å²) in [5, 5.41) is 6.57. The van der Waals surface area contributed by atoms with Gasteiger partial charge >= 0.3 is 6.03 Å². The van der Waals surface area contributed by atoms with Crippen LogP contribution in [0.3, 0.4) is 0 Å². The lowest BCUT2D eigenvalue weighted by Crippen LogP contribution is -2.48. The Morgan fingerprint density at radius 1 is 1.27 bits per heavy atom. The number of nitrogens with one attached hydrogen (secondary N) is 2. The minimum absolute atomic E-state index is 0.521. The smallest absolute Gasteiger partial charge is 0.315 e. The molecule has 4 nitrogen and oxygen atoms in total. The minimum atomic E-state index is -1.26. The summed E-state index contributed by atoms with van der Waals surface area (Å²) in [4.78, 5) is 21.6. The molecule has 0 aromatic heterocycles. The predicted molar refractivity (Wildman–Crippen MR) is 46.7 cm³/mol. The largest absolute Gasteiger partial charge is 0.322 e. The molecule has 1 heterocycles. The average Bonchev–Trinajstić information content (AvgIpc) is 2.27. The second-order valence-electron chi connectivity index (χ2n) is 2.01. The van der Waals surface area contributed by atoms with Crippen LogP contribution in [0, 0.1) is 0 Å². The number of carbonyl (C=O) groups excluding carboxylic acids is 2. The molecule has 3 amide bonds. The van der Waals surface area contributed by atoms with Crippen molar-refractivity contribution in [1.82, 2.24) is 10.6 Å². The first kappa shape index (κ1) is 8.22. The Morgan fingerprint density at radius 3 is 2.00 bits per heavy atom. The monoisotopic (exact) mass is 188 g/mol. The molecular formula is C5H4N2O2S2.